The van der Waals surface area contributed by atoms with Crippen LogP contribution in [0.1, 0.15) is 12.0 Å². The van der Waals surface area contributed by atoms with Gasteiger partial charge in [-0.3, -0.25) is 4.79 Å². The van der Waals surface area contributed by atoms with Crippen molar-refractivity contribution in [1.29, 1.82) is 0 Å². The number of benzene rings is 1. The maximum absolute atomic E-state index is 12.2. The molecule has 0 radical (unpaired) electrons. The van der Waals surface area contributed by atoms with E-state index in [1.54, 1.807) is 0 Å². The van der Waals surface area contributed by atoms with Gasteiger partial charge in [0.2, 0.25) is 0 Å². The number of amides is 1. The van der Waals surface area contributed by atoms with E-state index in [0.717, 1.165) is 43.1 Å². The van der Waals surface area contributed by atoms with Crippen LogP contribution in [0.25, 0.3) is 0 Å². The van der Waals surface area contributed by atoms with Crippen molar-refractivity contribution in [1.82, 2.24) is 10.6 Å². The first-order valence-corrected chi connectivity index (χ1v) is 6.72. The minimum absolute atomic E-state index is 0.0582. The van der Waals surface area contributed by atoms with Crippen molar-refractivity contribution in [2.24, 2.45) is 0 Å². The Morgan fingerprint density at radius 3 is 3.16 bits per heavy atom. The van der Waals surface area contributed by atoms with Crippen LogP contribution in [-0.4, -0.2) is 38.7 Å². The van der Waals surface area contributed by atoms with Crippen LogP contribution >= 0.6 is 0 Å². The summed E-state index contributed by atoms with van der Waals surface area (Å²) in [6, 6.07) is 6.31. The Bertz CT molecular complexity index is 484. The molecule has 2 aliphatic rings. The van der Waals surface area contributed by atoms with Gasteiger partial charge in [-0.25, -0.2) is 0 Å². The molecule has 2 N–H and O–H groups in total. The lowest BCUT2D eigenvalue weighted by atomic mass is 10.1. The van der Waals surface area contributed by atoms with Gasteiger partial charge in [-0.2, -0.15) is 0 Å². The van der Waals surface area contributed by atoms with E-state index >= 15 is 0 Å². The number of hydrogen-bond acceptors (Lipinski definition) is 4. The van der Waals surface area contributed by atoms with E-state index in [9.17, 15) is 4.79 Å². The molecule has 1 amide bonds. The van der Waals surface area contributed by atoms with E-state index in [-0.39, 0.29) is 18.6 Å². The summed E-state index contributed by atoms with van der Waals surface area (Å²) < 4.78 is 5.53. The molecule has 2 heterocycles. The molecule has 102 valence electrons. The third-order valence-electron chi connectivity index (χ3n) is 3.68. The van der Waals surface area contributed by atoms with E-state index < -0.39 is 0 Å². The SMILES string of the molecule is CNCc1ccc2c(c1)N(C1CCNC1)C(=O)CO2. The number of rotatable bonds is 3. The topological polar surface area (TPSA) is 53.6 Å². The third-order valence-corrected chi connectivity index (χ3v) is 3.68. The highest BCUT2D eigenvalue weighted by molar-refractivity contribution is 5.98. The molecule has 1 saturated heterocycles. The zero-order valence-corrected chi connectivity index (χ0v) is 11.1. The second kappa shape index (κ2) is 5.19. The smallest absolute Gasteiger partial charge is 0.265 e. The molecule has 19 heavy (non-hydrogen) atoms. The predicted molar refractivity (Wildman–Crippen MR) is 73.5 cm³/mol. The highest BCUT2D eigenvalue weighted by Gasteiger charge is 2.33. The first-order valence-electron chi connectivity index (χ1n) is 6.72. The van der Waals surface area contributed by atoms with Crippen LogP contribution in [-0.2, 0) is 11.3 Å². The number of carbonyl (C=O) groups is 1. The van der Waals surface area contributed by atoms with E-state index in [2.05, 4.69) is 16.7 Å². The highest BCUT2D eigenvalue weighted by Crippen LogP contribution is 2.35. The quantitative estimate of drug-likeness (QED) is 0.831. The fourth-order valence-corrected chi connectivity index (χ4v) is 2.79. The van der Waals surface area contributed by atoms with Crippen LogP contribution in [0.2, 0.25) is 0 Å². The van der Waals surface area contributed by atoms with Crippen LogP contribution in [0.4, 0.5) is 5.69 Å². The highest BCUT2D eigenvalue weighted by atomic mass is 16.5. The Morgan fingerprint density at radius 1 is 1.53 bits per heavy atom. The molecular formula is C14H19N3O2. The maximum Gasteiger partial charge on any atom is 0.265 e. The lowest BCUT2D eigenvalue weighted by molar-refractivity contribution is -0.121. The number of carbonyl (C=O) groups excluding carboxylic acids is 1. The number of nitrogens with one attached hydrogen (secondary N) is 2. The van der Waals surface area contributed by atoms with Crippen LogP contribution in [0.5, 0.6) is 5.75 Å². The fraction of sp³-hybridized carbons (Fsp3) is 0.500. The summed E-state index contributed by atoms with van der Waals surface area (Å²) in [7, 11) is 1.92. The Labute approximate surface area is 112 Å². The molecule has 0 aliphatic carbocycles. The summed E-state index contributed by atoms with van der Waals surface area (Å²) in [5.74, 6) is 0.870. The van der Waals surface area contributed by atoms with Crippen molar-refractivity contribution >= 4 is 11.6 Å². The van der Waals surface area contributed by atoms with Crippen LogP contribution in [0, 0.1) is 0 Å². The molecular weight excluding hydrogens is 242 g/mol. The van der Waals surface area contributed by atoms with Gasteiger partial charge in [-0.1, -0.05) is 6.07 Å². The molecule has 1 aromatic carbocycles. The first-order chi connectivity index (χ1) is 9.29. The van der Waals surface area contributed by atoms with Gasteiger partial charge in [-0.15, -0.1) is 0 Å². The Kier molecular flexibility index (Phi) is 3.40. The van der Waals surface area contributed by atoms with Crippen molar-refractivity contribution < 1.29 is 9.53 Å². The summed E-state index contributed by atoms with van der Waals surface area (Å²) in [5, 5.41) is 6.44. The summed E-state index contributed by atoms with van der Waals surface area (Å²) in [4.78, 5) is 14.1. The Balaban J connectivity index is 1.96. The normalized spacial score (nSPS) is 22.3. The zero-order chi connectivity index (χ0) is 13.2. The van der Waals surface area contributed by atoms with Gasteiger partial charge < -0.3 is 20.3 Å². The summed E-state index contributed by atoms with van der Waals surface area (Å²) in [5.41, 5.74) is 2.08. The van der Waals surface area contributed by atoms with Crippen molar-refractivity contribution in [2.75, 3.05) is 31.6 Å². The lowest BCUT2D eigenvalue weighted by Crippen LogP contribution is -2.46. The molecule has 1 fully saturated rings. The summed E-state index contributed by atoms with van der Waals surface area (Å²) in [6.45, 7) is 2.77. The second-order valence-corrected chi connectivity index (χ2v) is 5.03. The maximum atomic E-state index is 12.2. The molecule has 0 aromatic heterocycles. The standard InChI is InChI=1S/C14H19N3O2/c1-15-7-10-2-3-13-12(6-10)17(14(18)9-19-13)11-4-5-16-8-11/h2-3,6,11,15-16H,4-5,7-9H2,1H3. The largest absolute Gasteiger partial charge is 0.482 e. The molecule has 1 unspecified atom stereocenters. The predicted octanol–water partition coefficient (Wildman–Crippen LogP) is 0.493. The van der Waals surface area contributed by atoms with E-state index in [4.69, 9.17) is 4.74 Å². The number of hydrogen-bond donors (Lipinski definition) is 2. The lowest BCUT2D eigenvalue weighted by Gasteiger charge is -2.34. The average molecular weight is 261 g/mol. The monoisotopic (exact) mass is 261 g/mol. The first kappa shape index (κ1) is 12.4. The molecule has 0 bridgehead atoms. The van der Waals surface area contributed by atoms with Crippen LogP contribution in [0.15, 0.2) is 18.2 Å². The number of fused-ring (bicyclic) bond motifs is 1. The Morgan fingerprint density at radius 2 is 2.42 bits per heavy atom. The molecule has 0 saturated carbocycles. The van der Waals surface area contributed by atoms with Crippen molar-refractivity contribution in [3.8, 4) is 5.75 Å². The van der Waals surface area contributed by atoms with Gasteiger partial charge in [0.15, 0.2) is 6.61 Å². The average Bonchev–Trinajstić information content (AvgIpc) is 2.92. The van der Waals surface area contributed by atoms with E-state index in [1.165, 1.54) is 0 Å². The van der Waals surface area contributed by atoms with Crippen LogP contribution < -0.4 is 20.3 Å². The molecule has 1 atom stereocenters. The van der Waals surface area contributed by atoms with Crippen molar-refractivity contribution in [2.45, 2.75) is 19.0 Å². The molecule has 5 heteroatoms. The van der Waals surface area contributed by atoms with Gasteiger partial charge in [0, 0.05) is 13.1 Å². The van der Waals surface area contributed by atoms with Gasteiger partial charge in [0.1, 0.15) is 5.75 Å². The Hall–Kier alpha value is -1.59. The van der Waals surface area contributed by atoms with Gasteiger partial charge >= 0.3 is 0 Å². The zero-order valence-electron chi connectivity index (χ0n) is 11.1. The van der Waals surface area contributed by atoms with Gasteiger partial charge in [-0.05, 0) is 37.7 Å². The minimum atomic E-state index is 0.0582. The van der Waals surface area contributed by atoms with E-state index in [1.807, 2.05) is 24.1 Å². The van der Waals surface area contributed by atoms with Crippen molar-refractivity contribution in [3.63, 3.8) is 0 Å². The molecule has 5 nitrogen and oxygen atoms in total. The summed E-state index contributed by atoms with van der Waals surface area (Å²) in [6.07, 6.45) is 1.00. The minimum Gasteiger partial charge on any atom is -0.482 e. The number of anilines is 1. The number of nitrogens with zero attached hydrogens (tertiary/aromatic N) is 1. The third kappa shape index (κ3) is 2.31. The number of ether oxygens (including phenoxy) is 1. The summed E-state index contributed by atoms with van der Waals surface area (Å²) >= 11 is 0. The van der Waals surface area contributed by atoms with Crippen LogP contribution in [0.3, 0.4) is 0 Å². The van der Waals surface area contributed by atoms with E-state index in [0.29, 0.717) is 0 Å². The second-order valence-electron chi connectivity index (χ2n) is 5.03. The van der Waals surface area contributed by atoms with Gasteiger partial charge in [0.25, 0.3) is 5.91 Å². The van der Waals surface area contributed by atoms with Crippen molar-refractivity contribution in [3.05, 3.63) is 23.8 Å². The molecule has 2 aliphatic heterocycles. The molecule has 3 rings (SSSR count). The fourth-order valence-electron chi connectivity index (χ4n) is 2.79. The molecule has 0 spiro atoms. The van der Waals surface area contributed by atoms with Gasteiger partial charge in [0.05, 0.1) is 11.7 Å². The molecule has 1 aromatic rings.